The van der Waals surface area contributed by atoms with Crippen LogP contribution in [-0.2, 0) is 16.0 Å². The number of nitrogens with zero attached hydrogens (tertiary/aromatic N) is 1. The molecule has 4 heteroatoms. The van der Waals surface area contributed by atoms with Crippen molar-refractivity contribution in [2.75, 3.05) is 7.05 Å². The van der Waals surface area contributed by atoms with Crippen LogP contribution in [0.15, 0.2) is 30.3 Å². The molecule has 16 heavy (non-hydrogen) atoms. The van der Waals surface area contributed by atoms with Crippen LogP contribution in [0.1, 0.15) is 12.5 Å². The Hall–Kier alpha value is -1.84. The average molecular weight is 221 g/mol. The van der Waals surface area contributed by atoms with Gasteiger partial charge in [0.1, 0.15) is 6.04 Å². The predicted molar refractivity (Wildman–Crippen MR) is 60.0 cm³/mol. The lowest BCUT2D eigenvalue weighted by Gasteiger charge is -2.23. The second kappa shape index (κ2) is 5.30. The molecule has 1 atom stereocenters. The molecular formula is C12H15NO3. The molecule has 0 aliphatic carbocycles. The Labute approximate surface area is 94.5 Å². The van der Waals surface area contributed by atoms with E-state index in [9.17, 15) is 9.59 Å². The van der Waals surface area contributed by atoms with Gasteiger partial charge in [0.05, 0.1) is 0 Å². The van der Waals surface area contributed by atoms with Crippen molar-refractivity contribution in [2.45, 2.75) is 19.4 Å². The summed E-state index contributed by atoms with van der Waals surface area (Å²) in [7, 11) is 1.50. The number of amides is 1. The molecule has 0 aliphatic rings. The third-order valence-corrected chi connectivity index (χ3v) is 2.52. The molecular weight excluding hydrogens is 206 g/mol. The zero-order chi connectivity index (χ0) is 12.1. The van der Waals surface area contributed by atoms with Crippen molar-refractivity contribution in [1.29, 1.82) is 0 Å². The van der Waals surface area contributed by atoms with Crippen LogP contribution < -0.4 is 0 Å². The topological polar surface area (TPSA) is 57.6 Å². The number of hydrogen-bond acceptors (Lipinski definition) is 2. The second-order valence-corrected chi connectivity index (χ2v) is 3.67. The van der Waals surface area contributed by atoms with Crippen molar-refractivity contribution in [3.8, 4) is 0 Å². The van der Waals surface area contributed by atoms with Crippen molar-refractivity contribution in [2.24, 2.45) is 0 Å². The highest BCUT2D eigenvalue weighted by atomic mass is 16.4. The Balaban J connectivity index is 2.81. The van der Waals surface area contributed by atoms with E-state index in [1.54, 1.807) is 0 Å². The maximum absolute atomic E-state index is 11.1. The van der Waals surface area contributed by atoms with Gasteiger partial charge in [-0.15, -0.1) is 0 Å². The molecule has 0 spiro atoms. The van der Waals surface area contributed by atoms with E-state index in [2.05, 4.69) is 0 Å². The minimum absolute atomic E-state index is 0.247. The van der Waals surface area contributed by atoms with E-state index in [1.807, 2.05) is 30.3 Å². The van der Waals surface area contributed by atoms with Crippen molar-refractivity contribution in [3.63, 3.8) is 0 Å². The second-order valence-electron chi connectivity index (χ2n) is 3.67. The van der Waals surface area contributed by atoms with E-state index in [0.29, 0.717) is 6.42 Å². The molecule has 0 bridgehead atoms. The number of benzene rings is 1. The number of hydrogen-bond donors (Lipinski definition) is 1. The first-order valence-corrected chi connectivity index (χ1v) is 5.02. The van der Waals surface area contributed by atoms with E-state index in [-0.39, 0.29) is 5.91 Å². The van der Waals surface area contributed by atoms with E-state index < -0.39 is 12.0 Å². The highest BCUT2D eigenvalue weighted by Crippen LogP contribution is 2.08. The lowest BCUT2D eigenvalue weighted by Crippen LogP contribution is -2.42. The van der Waals surface area contributed by atoms with E-state index in [0.717, 1.165) is 5.56 Å². The summed E-state index contributed by atoms with van der Waals surface area (Å²) in [5, 5.41) is 9.06. The third-order valence-electron chi connectivity index (χ3n) is 2.52. The monoisotopic (exact) mass is 221 g/mol. The number of rotatable bonds is 4. The fourth-order valence-corrected chi connectivity index (χ4v) is 1.45. The highest BCUT2D eigenvalue weighted by Gasteiger charge is 2.24. The van der Waals surface area contributed by atoms with E-state index in [4.69, 9.17) is 5.11 Å². The number of carboxylic acids is 1. The van der Waals surface area contributed by atoms with Crippen LogP contribution in [-0.4, -0.2) is 35.0 Å². The Morgan fingerprint density at radius 3 is 2.31 bits per heavy atom. The van der Waals surface area contributed by atoms with Crippen molar-refractivity contribution >= 4 is 11.9 Å². The van der Waals surface area contributed by atoms with Gasteiger partial charge < -0.3 is 10.0 Å². The fourth-order valence-electron chi connectivity index (χ4n) is 1.45. The summed E-state index contributed by atoms with van der Waals surface area (Å²) in [6, 6.07) is 8.46. The molecule has 1 aromatic rings. The minimum Gasteiger partial charge on any atom is -0.480 e. The lowest BCUT2D eigenvalue weighted by atomic mass is 10.1. The van der Waals surface area contributed by atoms with Gasteiger partial charge in [0, 0.05) is 20.4 Å². The molecule has 0 aromatic heterocycles. The molecule has 0 unspecified atom stereocenters. The largest absolute Gasteiger partial charge is 0.480 e. The molecule has 0 saturated heterocycles. The standard InChI is InChI=1S/C12H15NO3/c1-9(14)13(2)11(12(15)16)8-10-6-4-3-5-7-10/h3-7,11H,8H2,1-2H3,(H,15,16)/t11-/m0/s1. The molecule has 86 valence electrons. The van der Waals surface area contributed by atoms with Crippen molar-refractivity contribution in [1.82, 2.24) is 4.90 Å². The minimum atomic E-state index is -0.985. The molecule has 0 aliphatic heterocycles. The summed E-state index contributed by atoms with van der Waals surface area (Å²) >= 11 is 0. The van der Waals surface area contributed by atoms with Crippen LogP contribution in [0.2, 0.25) is 0 Å². The molecule has 1 rings (SSSR count). The summed E-state index contributed by atoms with van der Waals surface area (Å²) in [5.41, 5.74) is 0.906. The zero-order valence-corrected chi connectivity index (χ0v) is 9.38. The fraction of sp³-hybridized carbons (Fsp3) is 0.333. The predicted octanol–water partition coefficient (Wildman–Crippen LogP) is 1.16. The van der Waals surface area contributed by atoms with Crippen LogP contribution >= 0.6 is 0 Å². The quantitative estimate of drug-likeness (QED) is 0.830. The zero-order valence-electron chi connectivity index (χ0n) is 9.38. The van der Waals surface area contributed by atoms with Crippen molar-refractivity contribution < 1.29 is 14.7 Å². The number of likely N-dealkylation sites (N-methyl/N-ethyl adjacent to an activating group) is 1. The van der Waals surface area contributed by atoms with Crippen molar-refractivity contribution in [3.05, 3.63) is 35.9 Å². The normalized spacial score (nSPS) is 11.9. The van der Waals surface area contributed by atoms with Gasteiger partial charge >= 0.3 is 5.97 Å². The molecule has 1 amide bonds. The first-order valence-electron chi connectivity index (χ1n) is 5.02. The molecule has 0 saturated carbocycles. The van der Waals surface area contributed by atoms with Crippen LogP contribution in [0.4, 0.5) is 0 Å². The number of carbonyl (C=O) groups is 2. The summed E-state index contributed by atoms with van der Waals surface area (Å²) in [5.74, 6) is -1.23. The van der Waals surface area contributed by atoms with Crippen LogP contribution in [0.3, 0.4) is 0 Å². The van der Waals surface area contributed by atoms with Gasteiger partial charge in [0.25, 0.3) is 0 Å². The van der Waals surface area contributed by atoms with Crippen LogP contribution in [0, 0.1) is 0 Å². The number of carbonyl (C=O) groups excluding carboxylic acids is 1. The summed E-state index contributed by atoms with van der Waals surface area (Å²) < 4.78 is 0. The third kappa shape index (κ3) is 3.08. The first-order chi connectivity index (χ1) is 7.52. The Morgan fingerprint density at radius 2 is 1.88 bits per heavy atom. The van der Waals surface area contributed by atoms with Crippen LogP contribution in [0.5, 0.6) is 0 Å². The van der Waals surface area contributed by atoms with E-state index in [1.165, 1.54) is 18.9 Å². The van der Waals surface area contributed by atoms with Gasteiger partial charge in [0.15, 0.2) is 0 Å². The van der Waals surface area contributed by atoms with Gasteiger partial charge in [-0.3, -0.25) is 4.79 Å². The maximum Gasteiger partial charge on any atom is 0.326 e. The Kier molecular flexibility index (Phi) is 4.05. The number of aliphatic carboxylic acids is 1. The summed E-state index contributed by atoms with van der Waals surface area (Å²) in [4.78, 5) is 23.4. The highest BCUT2D eigenvalue weighted by molar-refractivity contribution is 5.82. The molecule has 1 aromatic carbocycles. The van der Waals surface area contributed by atoms with Gasteiger partial charge in [0.2, 0.25) is 5.91 Å². The average Bonchev–Trinajstić information content (AvgIpc) is 2.26. The first kappa shape index (κ1) is 12.2. The maximum atomic E-state index is 11.1. The van der Waals surface area contributed by atoms with Gasteiger partial charge in [-0.1, -0.05) is 30.3 Å². The Morgan fingerprint density at radius 1 is 1.31 bits per heavy atom. The molecule has 4 nitrogen and oxygen atoms in total. The lowest BCUT2D eigenvalue weighted by molar-refractivity contribution is -0.148. The molecule has 0 radical (unpaired) electrons. The smallest absolute Gasteiger partial charge is 0.326 e. The number of carboxylic acid groups (broad SMARTS) is 1. The van der Waals surface area contributed by atoms with Crippen LogP contribution in [0.25, 0.3) is 0 Å². The molecule has 0 heterocycles. The Bertz CT molecular complexity index is 375. The molecule has 0 fully saturated rings. The molecule has 1 N–H and O–H groups in total. The summed E-state index contributed by atoms with van der Waals surface area (Å²) in [6.07, 6.45) is 0.326. The van der Waals surface area contributed by atoms with E-state index >= 15 is 0 Å². The SMILES string of the molecule is CC(=O)N(C)[C@@H](Cc1ccccc1)C(=O)O. The van der Waals surface area contributed by atoms with Gasteiger partial charge in [-0.05, 0) is 5.56 Å². The van der Waals surface area contributed by atoms with Gasteiger partial charge in [-0.2, -0.15) is 0 Å². The van der Waals surface area contributed by atoms with Gasteiger partial charge in [-0.25, -0.2) is 4.79 Å². The summed E-state index contributed by atoms with van der Waals surface area (Å²) in [6.45, 7) is 1.36.